The average molecular weight is 219 g/mol. The van der Waals surface area contributed by atoms with Gasteiger partial charge in [0.2, 0.25) is 0 Å². The molecule has 76 valence electrons. The molecule has 1 nitrogen and oxygen atoms in total. The van der Waals surface area contributed by atoms with Crippen LogP contribution in [0, 0.1) is 0 Å². The predicted octanol–water partition coefficient (Wildman–Crippen LogP) is 3.80. The third-order valence-corrected chi connectivity index (χ3v) is 2.90. The lowest BCUT2D eigenvalue weighted by Gasteiger charge is -2.10. The molecular formula is C13H11ClO. The number of benzene rings is 2. The fourth-order valence-electron chi connectivity index (χ4n) is 1.78. The van der Waals surface area contributed by atoms with Gasteiger partial charge in [-0.2, -0.15) is 0 Å². The van der Waals surface area contributed by atoms with Gasteiger partial charge in [-0.1, -0.05) is 48.9 Å². The molecule has 1 unspecified atom stereocenters. The van der Waals surface area contributed by atoms with E-state index in [1.165, 1.54) is 0 Å². The van der Waals surface area contributed by atoms with Gasteiger partial charge in [-0.15, -0.1) is 0 Å². The Hall–Kier alpha value is -1.34. The van der Waals surface area contributed by atoms with Gasteiger partial charge in [-0.3, -0.25) is 0 Å². The normalized spacial score (nSPS) is 12.7. The Morgan fingerprint density at radius 3 is 2.53 bits per heavy atom. The van der Waals surface area contributed by atoms with Gasteiger partial charge in [0.15, 0.2) is 0 Å². The minimum absolute atomic E-state index is 0.117. The zero-order valence-corrected chi connectivity index (χ0v) is 9.16. The van der Waals surface area contributed by atoms with Crippen molar-refractivity contribution in [2.24, 2.45) is 0 Å². The van der Waals surface area contributed by atoms with E-state index in [0.29, 0.717) is 5.02 Å². The molecule has 1 atom stereocenters. The molecule has 2 rings (SSSR count). The number of aldehydes is 1. The van der Waals surface area contributed by atoms with Crippen LogP contribution in [0.25, 0.3) is 10.8 Å². The van der Waals surface area contributed by atoms with Crippen LogP contribution in [0.2, 0.25) is 5.02 Å². The molecule has 0 aliphatic heterocycles. The van der Waals surface area contributed by atoms with Crippen LogP contribution in [-0.2, 0) is 4.79 Å². The first-order valence-corrected chi connectivity index (χ1v) is 5.24. The quantitative estimate of drug-likeness (QED) is 0.701. The van der Waals surface area contributed by atoms with E-state index in [2.05, 4.69) is 0 Å². The predicted molar refractivity (Wildman–Crippen MR) is 63.4 cm³/mol. The van der Waals surface area contributed by atoms with Crippen molar-refractivity contribution >= 4 is 28.7 Å². The van der Waals surface area contributed by atoms with Crippen molar-refractivity contribution in [3.05, 3.63) is 47.0 Å². The van der Waals surface area contributed by atoms with E-state index < -0.39 is 0 Å². The maximum Gasteiger partial charge on any atom is 0.127 e. The molecule has 0 aliphatic rings. The summed E-state index contributed by atoms with van der Waals surface area (Å²) in [5, 5.41) is 2.77. The summed E-state index contributed by atoms with van der Waals surface area (Å²) >= 11 is 6.15. The number of carbonyl (C=O) groups excluding carboxylic acids is 1. The first kappa shape index (κ1) is 10.2. The summed E-state index contributed by atoms with van der Waals surface area (Å²) in [4.78, 5) is 10.8. The molecule has 0 bridgehead atoms. The fraction of sp³-hybridized carbons (Fsp3) is 0.154. The number of hydrogen-bond donors (Lipinski definition) is 0. The molecule has 0 saturated carbocycles. The van der Waals surface area contributed by atoms with Crippen molar-refractivity contribution in [3.63, 3.8) is 0 Å². The SMILES string of the molecule is CC(C=O)c1cccc2cccc(Cl)c12. The maximum absolute atomic E-state index is 10.8. The van der Waals surface area contributed by atoms with Crippen LogP contribution >= 0.6 is 11.6 Å². The van der Waals surface area contributed by atoms with E-state index in [1.807, 2.05) is 43.3 Å². The van der Waals surface area contributed by atoms with Gasteiger partial charge in [0, 0.05) is 16.3 Å². The molecule has 0 aliphatic carbocycles. The first-order chi connectivity index (χ1) is 7.24. The van der Waals surface area contributed by atoms with Gasteiger partial charge in [-0.25, -0.2) is 0 Å². The molecule has 15 heavy (non-hydrogen) atoms. The largest absolute Gasteiger partial charge is 0.303 e. The zero-order valence-electron chi connectivity index (χ0n) is 8.41. The second-order valence-corrected chi connectivity index (χ2v) is 4.02. The summed E-state index contributed by atoms with van der Waals surface area (Å²) in [6.07, 6.45) is 0.943. The van der Waals surface area contributed by atoms with Gasteiger partial charge in [-0.05, 0) is 17.0 Å². The lowest BCUT2D eigenvalue weighted by molar-refractivity contribution is -0.108. The Bertz CT molecular complexity index is 500. The third kappa shape index (κ3) is 1.75. The van der Waals surface area contributed by atoms with E-state index in [9.17, 15) is 4.79 Å². The highest BCUT2D eigenvalue weighted by Gasteiger charge is 2.10. The Morgan fingerprint density at radius 2 is 1.87 bits per heavy atom. The van der Waals surface area contributed by atoms with Crippen molar-refractivity contribution in [1.29, 1.82) is 0 Å². The number of hydrogen-bond acceptors (Lipinski definition) is 1. The first-order valence-electron chi connectivity index (χ1n) is 4.86. The standard InChI is InChI=1S/C13H11ClO/c1-9(8-15)11-6-2-4-10-5-3-7-12(14)13(10)11/h2-9H,1H3. The van der Waals surface area contributed by atoms with Gasteiger partial charge in [0.1, 0.15) is 6.29 Å². The monoisotopic (exact) mass is 218 g/mol. The Morgan fingerprint density at radius 1 is 1.20 bits per heavy atom. The second-order valence-electron chi connectivity index (χ2n) is 3.61. The van der Waals surface area contributed by atoms with Gasteiger partial charge in [0.05, 0.1) is 0 Å². The Labute approximate surface area is 93.7 Å². The number of rotatable bonds is 2. The summed E-state index contributed by atoms with van der Waals surface area (Å²) in [6, 6.07) is 11.7. The number of fused-ring (bicyclic) bond motifs is 1. The molecule has 0 aromatic heterocycles. The van der Waals surface area contributed by atoms with Crippen LogP contribution < -0.4 is 0 Å². The van der Waals surface area contributed by atoms with Crippen LogP contribution in [-0.4, -0.2) is 6.29 Å². The molecule has 2 heteroatoms. The third-order valence-electron chi connectivity index (χ3n) is 2.58. The number of carbonyl (C=O) groups is 1. The lowest BCUT2D eigenvalue weighted by Crippen LogP contribution is -1.95. The smallest absolute Gasteiger partial charge is 0.127 e. The highest BCUT2D eigenvalue weighted by molar-refractivity contribution is 6.35. The molecule has 0 amide bonds. The van der Waals surface area contributed by atoms with Crippen molar-refractivity contribution in [3.8, 4) is 0 Å². The van der Waals surface area contributed by atoms with E-state index in [-0.39, 0.29) is 5.92 Å². The molecular weight excluding hydrogens is 208 g/mol. The second kappa shape index (κ2) is 4.03. The molecule has 0 spiro atoms. The molecule has 2 aromatic rings. The summed E-state index contributed by atoms with van der Waals surface area (Å²) in [6.45, 7) is 1.88. The molecule has 2 aromatic carbocycles. The van der Waals surface area contributed by atoms with Crippen LogP contribution in [0.1, 0.15) is 18.4 Å². The van der Waals surface area contributed by atoms with E-state index in [0.717, 1.165) is 22.6 Å². The summed E-state index contributed by atoms with van der Waals surface area (Å²) in [5.74, 6) is -0.117. The van der Waals surface area contributed by atoms with Gasteiger partial charge >= 0.3 is 0 Å². The zero-order chi connectivity index (χ0) is 10.8. The van der Waals surface area contributed by atoms with E-state index >= 15 is 0 Å². The highest BCUT2D eigenvalue weighted by atomic mass is 35.5. The van der Waals surface area contributed by atoms with E-state index in [1.54, 1.807) is 0 Å². The van der Waals surface area contributed by atoms with Gasteiger partial charge < -0.3 is 4.79 Å². The molecule has 0 radical (unpaired) electrons. The number of halogens is 1. The van der Waals surface area contributed by atoms with Crippen molar-refractivity contribution in [2.75, 3.05) is 0 Å². The van der Waals surface area contributed by atoms with Crippen LogP contribution in [0.4, 0.5) is 0 Å². The van der Waals surface area contributed by atoms with Crippen LogP contribution in [0.15, 0.2) is 36.4 Å². The van der Waals surface area contributed by atoms with Crippen molar-refractivity contribution < 1.29 is 4.79 Å². The van der Waals surface area contributed by atoms with Crippen molar-refractivity contribution in [2.45, 2.75) is 12.8 Å². The molecule has 0 fully saturated rings. The van der Waals surface area contributed by atoms with Crippen molar-refractivity contribution in [1.82, 2.24) is 0 Å². The topological polar surface area (TPSA) is 17.1 Å². The minimum atomic E-state index is -0.117. The lowest BCUT2D eigenvalue weighted by atomic mass is 9.96. The summed E-state index contributed by atoms with van der Waals surface area (Å²) in [5.41, 5.74) is 0.994. The minimum Gasteiger partial charge on any atom is -0.303 e. The summed E-state index contributed by atoms with van der Waals surface area (Å²) in [7, 11) is 0. The van der Waals surface area contributed by atoms with E-state index in [4.69, 9.17) is 11.6 Å². The van der Waals surface area contributed by atoms with Crippen LogP contribution in [0.5, 0.6) is 0 Å². The molecule has 0 saturated heterocycles. The Balaban J connectivity index is 2.79. The maximum atomic E-state index is 10.8. The summed E-state index contributed by atoms with van der Waals surface area (Å²) < 4.78 is 0. The van der Waals surface area contributed by atoms with Gasteiger partial charge in [0.25, 0.3) is 0 Å². The molecule has 0 N–H and O–H groups in total. The molecule has 0 heterocycles. The highest BCUT2D eigenvalue weighted by Crippen LogP contribution is 2.30. The average Bonchev–Trinajstić information content (AvgIpc) is 2.28. The fourth-order valence-corrected chi connectivity index (χ4v) is 2.07. The van der Waals surface area contributed by atoms with Crippen LogP contribution in [0.3, 0.4) is 0 Å². The Kier molecular flexibility index (Phi) is 2.74.